The Morgan fingerprint density at radius 1 is 1.27 bits per heavy atom. The van der Waals surface area contributed by atoms with Crippen molar-refractivity contribution >= 4 is 0 Å². The highest BCUT2D eigenvalue weighted by Gasteiger charge is 2.25. The highest BCUT2D eigenvalue weighted by Crippen LogP contribution is 2.20. The highest BCUT2D eigenvalue weighted by molar-refractivity contribution is 4.81. The lowest BCUT2D eigenvalue weighted by Crippen LogP contribution is -2.44. The van der Waals surface area contributed by atoms with E-state index < -0.39 is 0 Å². The molecule has 2 unspecified atom stereocenters. The van der Waals surface area contributed by atoms with Crippen LogP contribution in [0.2, 0.25) is 0 Å². The molecule has 1 rings (SSSR count). The molecule has 1 aliphatic heterocycles. The van der Waals surface area contributed by atoms with Crippen molar-refractivity contribution in [1.82, 2.24) is 5.32 Å². The van der Waals surface area contributed by atoms with Crippen LogP contribution in [0.1, 0.15) is 53.4 Å². The summed E-state index contributed by atoms with van der Waals surface area (Å²) in [6, 6.07) is 1.37. The van der Waals surface area contributed by atoms with Gasteiger partial charge in [-0.05, 0) is 31.6 Å². The third-order valence-corrected chi connectivity index (χ3v) is 3.52. The van der Waals surface area contributed by atoms with Gasteiger partial charge in [0.1, 0.15) is 0 Å². The highest BCUT2D eigenvalue weighted by atomic mass is 16.5. The van der Waals surface area contributed by atoms with Crippen molar-refractivity contribution in [2.75, 3.05) is 6.61 Å². The summed E-state index contributed by atoms with van der Waals surface area (Å²) in [6.45, 7) is 9.97. The molecule has 1 heterocycles. The molecule has 0 spiro atoms. The van der Waals surface area contributed by atoms with Gasteiger partial charge in [-0.1, -0.05) is 27.7 Å². The Bertz CT molecular complexity index is 164. The molecule has 2 heteroatoms. The van der Waals surface area contributed by atoms with Crippen LogP contribution in [0.4, 0.5) is 0 Å². The minimum Gasteiger partial charge on any atom is -0.378 e. The average molecular weight is 213 g/mol. The predicted octanol–water partition coefficient (Wildman–Crippen LogP) is 2.97. The van der Waals surface area contributed by atoms with E-state index in [0.717, 1.165) is 6.61 Å². The second-order valence-electron chi connectivity index (χ2n) is 5.05. The maximum atomic E-state index is 5.78. The lowest BCUT2D eigenvalue weighted by Gasteiger charge is -2.34. The molecule has 0 aromatic heterocycles. The van der Waals surface area contributed by atoms with E-state index in [-0.39, 0.29) is 0 Å². The first-order chi connectivity index (χ1) is 7.17. The molecule has 1 saturated heterocycles. The summed E-state index contributed by atoms with van der Waals surface area (Å²) in [5.74, 6) is 0.649. The van der Waals surface area contributed by atoms with E-state index in [0.29, 0.717) is 24.1 Å². The van der Waals surface area contributed by atoms with Crippen LogP contribution in [0.15, 0.2) is 0 Å². The maximum Gasteiger partial charge on any atom is 0.0612 e. The van der Waals surface area contributed by atoms with E-state index in [1.54, 1.807) is 0 Å². The van der Waals surface area contributed by atoms with Crippen molar-refractivity contribution < 1.29 is 4.74 Å². The largest absolute Gasteiger partial charge is 0.378 e. The van der Waals surface area contributed by atoms with E-state index >= 15 is 0 Å². The summed E-state index contributed by atoms with van der Waals surface area (Å²) in [6.07, 6.45) is 5.31. The lowest BCUT2D eigenvalue weighted by atomic mass is 9.94. The van der Waals surface area contributed by atoms with Crippen LogP contribution in [-0.2, 0) is 4.74 Å². The monoisotopic (exact) mass is 213 g/mol. The van der Waals surface area contributed by atoms with E-state index in [1.165, 1.54) is 25.7 Å². The first kappa shape index (κ1) is 13.0. The van der Waals surface area contributed by atoms with E-state index in [4.69, 9.17) is 4.74 Å². The molecule has 2 atom stereocenters. The van der Waals surface area contributed by atoms with Gasteiger partial charge < -0.3 is 10.1 Å². The summed E-state index contributed by atoms with van der Waals surface area (Å²) in [4.78, 5) is 0. The molecule has 90 valence electrons. The standard InChI is InChI=1S/C13H27NO/c1-5-11(6-2)14-12-7-8-15-13(9-12)10(3)4/h10-14H,5-9H2,1-4H3. The molecule has 0 aliphatic carbocycles. The number of ether oxygens (including phenoxy) is 1. The van der Waals surface area contributed by atoms with Gasteiger partial charge >= 0.3 is 0 Å². The van der Waals surface area contributed by atoms with Crippen molar-refractivity contribution in [3.05, 3.63) is 0 Å². The van der Waals surface area contributed by atoms with Gasteiger partial charge in [0.15, 0.2) is 0 Å². The van der Waals surface area contributed by atoms with Crippen LogP contribution in [0.25, 0.3) is 0 Å². The zero-order valence-electron chi connectivity index (χ0n) is 10.8. The summed E-state index contributed by atoms with van der Waals surface area (Å²) < 4.78 is 5.78. The minimum atomic E-state index is 0.464. The zero-order chi connectivity index (χ0) is 11.3. The second kappa shape index (κ2) is 6.49. The number of nitrogens with one attached hydrogen (secondary N) is 1. The fourth-order valence-corrected chi connectivity index (χ4v) is 2.30. The fourth-order valence-electron chi connectivity index (χ4n) is 2.30. The second-order valence-corrected chi connectivity index (χ2v) is 5.05. The molecular formula is C13H27NO. The van der Waals surface area contributed by atoms with Gasteiger partial charge in [-0.2, -0.15) is 0 Å². The van der Waals surface area contributed by atoms with Crippen LogP contribution in [0.3, 0.4) is 0 Å². The van der Waals surface area contributed by atoms with Gasteiger partial charge in [0.25, 0.3) is 0 Å². The van der Waals surface area contributed by atoms with E-state index in [1.807, 2.05) is 0 Å². The third kappa shape index (κ3) is 4.12. The van der Waals surface area contributed by atoms with Crippen LogP contribution < -0.4 is 5.32 Å². The smallest absolute Gasteiger partial charge is 0.0612 e. The molecule has 1 N–H and O–H groups in total. The molecule has 15 heavy (non-hydrogen) atoms. The van der Waals surface area contributed by atoms with Crippen LogP contribution in [-0.4, -0.2) is 24.8 Å². The summed E-state index contributed by atoms with van der Waals surface area (Å²) in [5.41, 5.74) is 0. The minimum absolute atomic E-state index is 0.464. The first-order valence-electron chi connectivity index (χ1n) is 6.55. The lowest BCUT2D eigenvalue weighted by molar-refractivity contribution is -0.0260. The Labute approximate surface area is 94.8 Å². The molecule has 0 bridgehead atoms. The summed E-state index contributed by atoms with van der Waals surface area (Å²) >= 11 is 0. The maximum absolute atomic E-state index is 5.78. The number of hydrogen-bond acceptors (Lipinski definition) is 2. The summed E-state index contributed by atoms with van der Waals surface area (Å²) in [5, 5.41) is 3.76. The molecule has 1 fully saturated rings. The Hall–Kier alpha value is -0.0800. The van der Waals surface area contributed by atoms with Crippen molar-refractivity contribution in [1.29, 1.82) is 0 Å². The van der Waals surface area contributed by atoms with Crippen LogP contribution in [0, 0.1) is 5.92 Å². The Morgan fingerprint density at radius 3 is 2.47 bits per heavy atom. The van der Waals surface area contributed by atoms with E-state index in [2.05, 4.69) is 33.0 Å². The van der Waals surface area contributed by atoms with Gasteiger partial charge in [0, 0.05) is 18.7 Å². The summed E-state index contributed by atoms with van der Waals surface area (Å²) in [7, 11) is 0. The SMILES string of the molecule is CCC(CC)NC1CCOC(C(C)C)C1. The molecule has 2 nitrogen and oxygen atoms in total. The molecular weight excluding hydrogens is 186 g/mol. The molecule has 0 aromatic carbocycles. The normalized spacial score (nSPS) is 27.6. The molecule has 0 amide bonds. The van der Waals surface area contributed by atoms with Gasteiger partial charge in [0.2, 0.25) is 0 Å². The van der Waals surface area contributed by atoms with Crippen molar-refractivity contribution in [3.8, 4) is 0 Å². The van der Waals surface area contributed by atoms with Gasteiger partial charge in [0.05, 0.1) is 6.10 Å². The number of hydrogen-bond donors (Lipinski definition) is 1. The third-order valence-electron chi connectivity index (χ3n) is 3.52. The fraction of sp³-hybridized carbons (Fsp3) is 1.00. The number of rotatable bonds is 5. The van der Waals surface area contributed by atoms with Gasteiger partial charge in [-0.25, -0.2) is 0 Å². The van der Waals surface area contributed by atoms with Crippen molar-refractivity contribution in [2.24, 2.45) is 5.92 Å². The molecule has 0 saturated carbocycles. The van der Waals surface area contributed by atoms with Crippen LogP contribution in [0.5, 0.6) is 0 Å². The molecule has 0 aromatic rings. The first-order valence-corrected chi connectivity index (χ1v) is 6.55. The van der Waals surface area contributed by atoms with Gasteiger partial charge in [-0.3, -0.25) is 0 Å². The van der Waals surface area contributed by atoms with Crippen molar-refractivity contribution in [2.45, 2.75) is 71.6 Å². The Kier molecular flexibility index (Phi) is 5.62. The average Bonchev–Trinajstić information content (AvgIpc) is 2.26. The van der Waals surface area contributed by atoms with Gasteiger partial charge in [-0.15, -0.1) is 0 Å². The van der Waals surface area contributed by atoms with E-state index in [9.17, 15) is 0 Å². The topological polar surface area (TPSA) is 21.3 Å². The zero-order valence-corrected chi connectivity index (χ0v) is 10.8. The van der Waals surface area contributed by atoms with Crippen molar-refractivity contribution in [3.63, 3.8) is 0 Å². The molecule has 1 aliphatic rings. The Morgan fingerprint density at radius 2 is 1.93 bits per heavy atom. The Balaban J connectivity index is 2.35. The molecule has 0 radical (unpaired) electrons. The quantitative estimate of drug-likeness (QED) is 0.758. The van der Waals surface area contributed by atoms with Crippen LogP contribution >= 0.6 is 0 Å². The predicted molar refractivity (Wildman–Crippen MR) is 65.1 cm³/mol.